The molecule has 0 atom stereocenters. The van der Waals surface area contributed by atoms with E-state index in [4.69, 9.17) is 4.74 Å². The number of ether oxygens (including phenoxy) is 1. The Hall–Kier alpha value is -0.830. The summed E-state index contributed by atoms with van der Waals surface area (Å²) in [7, 11) is 0. The van der Waals surface area contributed by atoms with Gasteiger partial charge >= 0.3 is 5.97 Å². The van der Waals surface area contributed by atoms with Crippen LogP contribution in [0.15, 0.2) is 18.2 Å². The van der Waals surface area contributed by atoms with Gasteiger partial charge in [-0.15, -0.1) is 0 Å². The number of hydrogen-bond acceptors (Lipinski definition) is 2. The van der Waals surface area contributed by atoms with Crippen LogP contribution in [0.5, 0.6) is 5.75 Å². The Morgan fingerprint density at radius 1 is 1.54 bits per heavy atom. The summed E-state index contributed by atoms with van der Waals surface area (Å²) in [6.07, 6.45) is 0. The van der Waals surface area contributed by atoms with Crippen molar-refractivity contribution in [2.45, 2.75) is 19.2 Å². The van der Waals surface area contributed by atoms with Crippen LogP contribution in [0.25, 0.3) is 0 Å². The maximum Gasteiger partial charge on any atom is 0.308 e. The summed E-state index contributed by atoms with van der Waals surface area (Å²) in [5, 5.41) is 0.814. The van der Waals surface area contributed by atoms with E-state index in [0.717, 1.165) is 10.9 Å². The lowest BCUT2D eigenvalue weighted by atomic mass is 10.1. The minimum atomic E-state index is -0.283. The summed E-state index contributed by atoms with van der Waals surface area (Å²) in [4.78, 5) is 10.7. The van der Waals surface area contributed by atoms with Gasteiger partial charge in [0, 0.05) is 12.3 Å². The van der Waals surface area contributed by atoms with Crippen LogP contribution in [-0.4, -0.2) is 5.97 Å². The number of carbonyl (C=O) groups excluding carboxylic acids is 1. The van der Waals surface area contributed by atoms with Gasteiger partial charge in [0.2, 0.25) is 0 Å². The van der Waals surface area contributed by atoms with E-state index in [1.54, 1.807) is 0 Å². The quantitative estimate of drug-likeness (QED) is 0.453. The molecule has 70 valence electrons. The third-order valence-corrected chi connectivity index (χ3v) is 2.29. The van der Waals surface area contributed by atoms with E-state index >= 15 is 0 Å². The van der Waals surface area contributed by atoms with Gasteiger partial charge in [0.05, 0.1) is 0 Å². The highest BCUT2D eigenvalue weighted by molar-refractivity contribution is 9.08. The monoisotopic (exact) mass is 242 g/mol. The topological polar surface area (TPSA) is 26.3 Å². The van der Waals surface area contributed by atoms with Crippen LogP contribution in [-0.2, 0) is 10.1 Å². The van der Waals surface area contributed by atoms with E-state index in [1.807, 2.05) is 25.1 Å². The zero-order valence-electron chi connectivity index (χ0n) is 7.63. The van der Waals surface area contributed by atoms with Crippen LogP contribution in [0.1, 0.15) is 18.1 Å². The predicted molar refractivity (Wildman–Crippen MR) is 55.1 cm³/mol. The van der Waals surface area contributed by atoms with Crippen LogP contribution in [0.2, 0.25) is 0 Å². The van der Waals surface area contributed by atoms with E-state index in [0.29, 0.717) is 5.75 Å². The second-order valence-electron chi connectivity index (χ2n) is 2.83. The lowest BCUT2D eigenvalue weighted by Gasteiger charge is -2.05. The summed E-state index contributed by atoms with van der Waals surface area (Å²) >= 11 is 3.36. The van der Waals surface area contributed by atoms with Crippen molar-refractivity contribution in [1.29, 1.82) is 0 Å². The fraction of sp³-hybridized carbons (Fsp3) is 0.300. The van der Waals surface area contributed by atoms with Crippen molar-refractivity contribution in [3.8, 4) is 5.75 Å². The van der Waals surface area contributed by atoms with Gasteiger partial charge < -0.3 is 4.74 Å². The molecule has 13 heavy (non-hydrogen) atoms. The lowest BCUT2D eigenvalue weighted by Crippen LogP contribution is -2.02. The molecule has 1 rings (SSSR count). The molecule has 0 aliphatic rings. The first-order chi connectivity index (χ1) is 6.13. The Balaban J connectivity index is 2.91. The molecule has 0 aromatic heterocycles. The molecule has 0 fully saturated rings. The van der Waals surface area contributed by atoms with Gasteiger partial charge in [0.1, 0.15) is 5.75 Å². The molecule has 0 bridgehead atoms. The molecule has 2 nitrogen and oxygen atoms in total. The highest BCUT2D eigenvalue weighted by Gasteiger charge is 2.02. The molecule has 0 spiro atoms. The smallest absolute Gasteiger partial charge is 0.308 e. The first-order valence-corrected chi connectivity index (χ1v) is 5.09. The summed E-state index contributed by atoms with van der Waals surface area (Å²) in [6.45, 7) is 3.32. The van der Waals surface area contributed by atoms with Crippen LogP contribution in [0, 0.1) is 6.92 Å². The van der Waals surface area contributed by atoms with E-state index < -0.39 is 0 Å². The van der Waals surface area contributed by atoms with Gasteiger partial charge in [-0.1, -0.05) is 28.1 Å². The third kappa shape index (κ3) is 2.84. The summed E-state index contributed by atoms with van der Waals surface area (Å²) in [6, 6.07) is 5.74. The highest BCUT2D eigenvalue weighted by Crippen LogP contribution is 2.20. The molecule has 0 heterocycles. The lowest BCUT2D eigenvalue weighted by molar-refractivity contribution is -0.131. The largest absolute Gasteiger partial charge is 0.426 e. The molecule has 0 unspecified atom stereocenters. The molecule has 0 amide bonds. The van der Waals surface area contributed by atoms with Crippen molar-refractivity contribution >= 4 is 21.9 Å². The first-order valence-electron chi connectivity index (χ1n) is 3.97. The average molecular weight is 243 g/mol. The molecule has 0 aliphatic heterocycles. The number of aryl methyl sites for hydroxylation is 1. The number of carbonyl (C=O) groups is 1. The fourth-order valence-corrected chi connectivity index (χ4v) is 1.41. The van der Waals surface area contributed by atoms with E-state index in [1.165, 1.54) is 12.5 Å². The van der Waals surface area contributed by atoms with Gasteiger partial charge in [-0.25, -0.2) is 0 Å². The fourth-order valence-electron chi connectivity index (χ4n) is 1.06. The first kappa shape index (κ1) is 10.3. The highest BCUT2D eigenvalue weighted by atomic mass is 79.9. The van der Waals surface area contributed by atoms with Crippen molar-refractivity contribution in [2.24, 2.45) is 0 Å². The van der Waals surface area contributed by atoms with Gasteiger partial charge in [-0.05, 0) is 24.1 Å². The molecule has 3 heteroatoms. The number of halogens is 1. The Morgan fingerprint density at radius 3 is 2.69 bits per heavy atom. The van der Waals surface area contributed by atoms with Crippen molar-refractivity contribution in [3.05, 3.63) is 29.3 Å². The van der Waals surface area contributed by atoms with Gasteiger partial charge in [-0.2, -0.15) is 0 Å². The molecule has 0 radical (unpaired) electrons. The SMILES string of the molecule is CC(=O)Oc1ccc(CBr)cc1C. The molecular formula is C10H11BrO2. The van der Waals surface area contributed by atoms with Crippen molar-refractivity contribution < 1.29 is 9.53 Å². The van der Waals surface area contributed by atoms with E-state index in [9.17, 15) is 4.79 Å². The minimum absolute atomic E-state index is 0.283. The number of alkyl halides is 1. The molecule has 1 aromatic carbocycles. The Morgan fingerprint density at radius 2 is 2.23 bits per heavy atom. The maximum atomic E-state index is 10.7. The summed E-state index contributed by atoms with van der Waals surface area (Å²) < 4.78 is 4.99. The number of rotatable bonds is 2. The molecule has 0 saturated carbocycles. The molecular weight excluding hydrogens is 232 g/mol. The van der Waals surface area contributed by atoms with Gasteiger partial charge in [0.15, 0.2) is 0 Å². The predicted octanol–water partition coefficient (Wildman–Crippen LogP) is 2.82. The molecule has 1 aromatic rings. The molecule has 0 saturated heterocycles. The van der Waals surface area contributed by atoms with Crippen LogP contribution in [0.4, 0.5) is 0 Å². The van der Waals surface area contributed by atoms with Crippen molar-refractivity contribution in [1.82, 2.24) is 0 Å². The second kappa shape index (κ2) is 4.42. The van der Waals surface area contributed by atoms with Crippen molar-refractivity contribution in [2.75, 3.05) is 0 Å². The van der Waals surface area contributed by atoms with Crippen LogP contribution >= 0.6 is 15.9 Å². The zero-order valence-corrected chi connectivity index (χ0v) is 9.22. The third-order valence-electron chi connectivity index (χ3n) is 1.65. The van der Waals surface area contributed by atoms with Crippen LogP contribution in [0.3, 0.4) is 0 Å². The molecule has 0 aliphatic carbocycles. The number of esters is 1. The van der Waals surface area contributed by atoms with E-state index in [2.05, 4.69) is 15.9 Å². The van der Waals surface area contributed by atoms with E-state index in [-0.39, 0.29) is 5.97 Å². The Kier molecular flexibility index (Phi) is 3.48. The summed E-state index contributed by atoms with van der Waals surface area (Å²) in [5.74, 6) is 0.354. The number of hydrogen-bond donors (Lipinski definition) is 0. The minimum Gasteiger partial charge on any atom is -0.426 e. The zero-order chi connectivity index (χ0) is 9.84. The normalized spacial score (nSPS) is 9.77. The number of benzene rings is 1. The standard InChI is InChI=1S/C10H11BrO2/c1-7-5-9(6-11)3-4-10(7)13-8(2)12/h3-5H,6H2,1-2H3. The summed E-state index contributed by atoms with van der Waals surface area (Å²) in [5.41, 5.74) is 2.15. The average Bonchev–Trinajstić information content (AvgIpc) is 2.08. The Labute approximate surface area is 86.0 Å². The van der Waals surface area contributed by atoms with Gasteiger partial charge in [0.25, 0.3) is 0 Å². The second-order valence-corrected chi connectivity index (χ2v) is 3.39. The maximum absolute atomic E-state index is 10.7. The van der Waals surface area contributed by atoms with Crippen LogP contribution < -0.4 is 4.74 Å². The Bertz CT molecular complexity index is 321. The van der Waals surface area contributed by atoms with Gasteiger partial charge in [-0.3, -0.25) is 4.79 Å². The molecule has 0 N–H and O–H groups in total. The van der Waals surface area contributed by atoms with Crippen molar-refractivity contribution in [3.63, 3.8) is 0 Å².